The highest BCUT2D eigenvalue weighted by Crippen LogP contribution is 2.44. The lowest BCUT2D eigenvalue weighted by Gasteiger charge is -2.36. The zero-order valence-corrected chi connectivity index (χ0v) is 13.0. The number of benzene rings is 2. The molecule has 0 amide bonds. The van der Waals surface area contributed by atoms with E-state index in [2.05, 4.69) is 84.6 Å². The second kappa shape index (κ2) is 6.00. The van der Waals surface area contributed by atoms with Crippen LogP contribution >= 0.6 is 0 Å². The minimum atomic E-state index is 0.242. The highest BCUT2D eigenvalue weighted by Gasteiger charge is 2.49. The van der Waals surface area contributed by atoms with Crippen LogP contribution in [0.1, 0.15) is 24.0 Å². The molecule has 0 atom stereocenters. The summed E-state index contributed by atoms with van der Waals surface area (Å²) in [4.78, 5) is 5.01. The molecule has 1 saturated carbocycles. The molecule has 21 heavy (non-hydrogen) atoms. The standard InChI is InChI=1S/C19H24N2/c1-20(15-17-9-5-3-6-10-17)19(13-14-19)21(2)16-18-11-7-4-8-12-18/h3-12H,13-16H2,1-2H3. The summed E-state index contributed by atoms with van der Waals surface area (Å²) in [5.41, 5.74) is 3.02. The van der Waals surface area contributed by atoms with Crippen LogP contribution in [0.2, 0.25) is 0 Å². The summed E-state index contributed by atoms with van der Waals surface area (Å²) < 4.78 is 0. The predicted octanol–water partition coefficient (Wildman–Crippen LogP) is 3.74. The maximum Gasteiger partial charge on any atom is 0.0740 e. The van der Waals surface area contributed by atoms with E-state index in [1.54, 1.807) is 0 Å². The number of rotatable bonds is 6. The third kappa shape index (κ3) is 3.17. The van der Waals surface area contributed by atoms with Crippen LogP contribution in [0.15, 0.2) is 60.7 Å². The van der Waals surface area contributed by atoms with E-state index in [9.17, 15) is 0 Å². The summed E-state index contributed by atoms with van der Waals surface area (Å²) in [6, 6.07) is 21.5. The lowest BCUT2D eigenvalue weighted by molar-refractivity contribution is 0.0475. The van der Waals surface area contributed by atoms with Crippen molar-refractivity contribution in [2.24, 2.45) is 0 Å². The lowest BCUT2D eigenvalue weighted by atomic mass is 10.2. The van der Waals surface area contributed by atoms with Crippen LogP contribution in [-0.4, -0.2) is 29.6 Å². The van der Waals surface area contributed by atoms with Crippen molar-refractivity contribution in [2.75, 3.05) is 14.1 Å². The Morgan fingerprint density at radius 1 is 0.714 bits per heavy atom. The maximum absolute atomic E-state index is 2.51. The van der Waals surface area contributed by atoms with E-state index < -0.39 is 0 Å². The van der Waals surface area contributed by atoms with Crippen LogP contribution in [0.25, 0.3) is 0 Å². The van der Waals surface area contributed by atoms with E-state index in [4.69, 9.17) is 0 Å². The molecule has 2 heteroatoms. The van der Waals surface area contributed by atoms with Gasteiger partial charge in [-0.1, -0.05) is 60.7 Å². The summed E-state index contributed by atoms with van der Waals surface area (Å²) in [5.74, 6) is 0. The van der Waals surface area contributed by atoms with Gasteiger partial charge in [0.15, 0.2) is 0 Å². The van der Waals surface area contributed by atoms with Gasteiger partial charge in [-0.05, 0) is 38.1 Å². The van der Waals surface area contributed by atoms with Crippen LogP contribution in [0.5, 0.6) is 0 Å². The first-order chi connectivity index (χ1) is 10.2. The molecule has 2 aromatic rings. The van der Waals surface area contributed by atoms with Gasteiger partial charge < -0.3 is 0 Å². The summed E-state index contributed by atoms with van der Waals surface area (Å²) in [7, 11) is 4.50. The molecule has 0 heterocycles. The number of nitrogens with zero attached hydrogens (tertiary/aromatic N) is 2. The summed E-state index contributed by atoms with van der Waals surface area (Å²) in [6.07, 6.45) is 2.53. The molecule has 0 aromatic heterocycles. The normalized spacial score (nSPS) is 16.4. The van der Waals surface area contributed by atoms with Gasteiger partial charge in [-0.3, -0.25) is 9.80 Å². The topological polar surface area (TPSA) is 6.48 Å². The lowest BCUT2D eigenvalue weighted by Crippen LogP contribution is -2.46. The summed E-state index contributed by atoms with van der Waals surface area (Å²) in [6.45, 7) is 2.03. The van der Waals surface area contributed by atoms with Crippen molar-refractivity contribution in [1.82, 2.24) is 9.80 Å². The molecular weight excluding hydrogens is 256 g/mol. The molecule has 0 saturated heterocycles. The van der Waals surface area contributed by atoms with E-state index in [0.29, 0.717) is 0 Å². The second-order valence-corrected chi connectivity index (χ2v) is 6.17. The first-order valence-corrected chi connectivity index (χ1v) is 7.71. The van der Waals surface area contributed by atoms with Crippen molar-refractivity contribution in [3.8, 4) is 0 Å². The molecule has 0 N–H and O–H groups in total. The van der Waals surface area contributed by atoms with Crippen LogP contribution in [-0.2, 0) is 13.1 Å². The molecule has 2 aromatic carbocycles. The second-order valence-electron chi connectivity index (χ2n) is 6.17. The Balaban J connectivity index is 1.66. The minimum Gasteiger partial charge on any atom is -0.284 e. The van der Waals surface area contributed by atoms with Crippen LogP contribution < -0.4 is 0 Å². The van der Waals surface area contributed by atoms with Gasteiger partial charge in [0, 0.05) is 13.1 Å². The summed E-state index contributed by atoms with van der Waals surface area (Å²) in [5, 5.41) is 0. The molecule has 110 valence electrons. The Hall–Kier alpha value is -1.64. The third-order valence-electron chi connectivity index (χ3n) is 4.64. The Labute approximate surface area is 128 Å². The van der Waals surface area contributed by atoms with Gasteiger partial charge in [0.2, 0.25) is 0 Å². The highest BCUT2D eigenvalue weighted by atomic mass is 15.4. The van der Waals surface area contributed by atoms with Gasteiger partial charge >= 0.3 is 0 Å². The molecule has 0 radical (unpaired) electrons. The van der Waals surface area contributed by atoms with Crippen molar-refractivity contribution >= 4 is 0 Å². The SMILES string of the molecule is CN(Cc1ccccc1)C1(N(C)Cc2ccccc2)CC1. The number of hydrogen-bond acceptors (Lipinski definition) is 2. The van der Waals surface area contributed by atoms with Crippen LogP contribution in [0.3, 0.4) is 0 Å². The van der Waals surface area contributed by atoms with E-state index in [1.165, 1.54) is 24.0 Å². The van der Waals surface area contributed by atoms with Crippen molar-refractivity contribution in [3.05, 3.63) is 71.8 Å². The van der Waals surface area contributed by atoms with Crippen molar-refractivity contribution in [1.29, 1.82) is 0 Å². The molecule has 0 unspecified atom stereocenters. The molecule has 0 spiro atoms. The van der Waals surface area contributed by atoms with Gasteiger partial charge in [-0.25, -0.2) is 0 Å². The first kappa shape index (κ1) is 14.3. The average Bonchev–Trinajstić information content (AvgIpc) is 3.31. The minimum absolute atomic E-state index is 0.242. The quantitative estimate of drug-likeness (QED) is 0.744. The Bertz CT molecular complexity index is 511. The largest absolute Gasteiger partial charge is 0.284 e. The summed E-state index contributed by atoms with van der Waals surface area (Å²) >= 11 is 0. The monoisotopic (exact) mass is 280 g/mol. The smallest absolute Gasteiger partial charge is 0.0740 e. The van der Waals surface area contributed by atoms with Crippen molar-refractivity contribution < 1.29 is 0 Å². The third-order valence-corrected chi connectivity index (χ3v) is 4.64. The fraction of sp³-hybridized carbons (Fsp3) is 0.368. The fourth-order valence-electron chi connectivity index (χ4n) is 3.18. The molecule has 1 aliphatic rings. The van der Waals surface area contributed by atoms with E-state index >= 15 is 0 Å². The Morgan fingerprint density at radius 2 is 1.10 bits per heavy atom. The van der Waals surface area contributed by atoms with E-state index in [1.807, 2.05) is 0 Å². The van der Waals surface area contributed by atoms with Gasteiger partial charge in [0.25, 0.3) is 0 Å². The first-order valence-electron chi connectivity index (χ1n) is 7.71. The fourth-order valence-corrected chi connectivity index (χ4v) is 3.18. The molecule has 3 rings (SSSR count). The molecule has 0 bridgehead atoms. The molecule has 0 aliphatic heterocycles. The van der Waals surface area contributed by atoms with E-state index in [0.717, 1.165) is 13.1 Å². The zero-order chi connectivity index (χ0) is 14.7. The molecular formula is C19H24N2. The molecule has 1 fully saturated rings. The zero-order valence-electron chi connectivity index (χ0n) is 13.0. The van der Waals surface area contributed by atoms with Gasteiger partial charge in [-0.2, -0.15) is 0 Å². The molecule has 2 nitrogen and oxygen atoms in total. The van der Waals surface area contributed by atoms with Gasteiger partial charge in [0.05, 0.1) is 5.66 Å². The Morgan fingerprint density at radius 3 is 1.43 bits per heavy atom. The predicted molar refractivity (Wildman–Crippen MR) is 87.8 cm³/mol. The van der Waals surface area contributed by atoms with Crippen molar-refractivity contribution in [2.45, 2.75) is 31.6 Å². The van der Waals surface area contributed by atoms with Crippen LogP contribution in [0, 0.1) is 0 Å². The number of hydrogen-bond donors (Lipinski definition) is 0. The van der Waals surface area contributed by atoms with Crippen LogP contribution in [0.4, 0.5) is 0 Å². The Kier molecular flexibility index (Phi) is 4.09. The van der Waals surface area contributed by atoms with Gasteiger partial charge in [-0.15, -0.1) is 0 Å². The van der Waals surface area contributed by atoms with Gasteiger partial charge in [0.1, 0.15) is 0 Å². The van der Waals surface area contributed by atoms with Crippen molar-refractivity contribution in [3.63, 3.8) is 0 Å². The highest BCUT2D eigenvalue weighted by molar-refractivity contribution is 5.18. The molecule has 1 aliphatic carbocycles. The maximum atomic E-state index is 2.51. The average molecular weight is 280 g/mol. The van der Waals surface area contributed by atoms with E-state index in [-0.39, 0.29) is 5.66 Å².